The van der Waals surface area contributed by atoms with E-state index in [1.165, 1.54) is 16.7 Å². The van der Waals surface area contributed by atoms with E-state index in [0.717, 1.165) is 36.6 Å². The largest absolute Gasteiger partial charge is 0.493 e. The third-order valence-corrected chi connectivity index (χ3v) is 3.66. The van der Waals surface area contributed by atoms with E-state index in [-0.39, 0.29) is 0 Å². The van der Waals surface area contributed by atoms with Crippen LogP contribution in [0, 0.1) is 6.92 Å². The molecule has 0 radical (unpaired) electrons. The number of fused-ring (bicyclic) bond motifs is 1. The molecule has 0 bridgehead atoms. The Morgan fingerprint density at radius 1 is 1.42 bits per heavy atom. The Bertz CT molecular complexity index is 616. The summed E-state index contributed by atoms with van der Waals surface area (Å²) in [5, 5.41) is 4.51. The number of aryl methyl sites for hydroxylation is 2. The van der Waals surface area contributed by atoms with Crippen LogP contribution in [0.15, 0.2) is 18.3 Å². The van der Waals surface area contributed by atoms with E-state index in [9.17, 15) is 0 Å². The minimum absolute atomic E-state index is 0.511. The molecule has 0 spiro atoms. The normalized spacial score (nSPS) is 13.4. The minimum atomic E-state index is 0.511. The number of aromatic nitrogens is 2. The Labute approximate surface area is 113 Å². The lowest BCUT2D eigenvalue weighted by Gasteiger charge is -2.09. The van der Waals surface area contributed by atoms with Crippen molar-refractivity contribution in [1.82, 2.24) is 9.78 Å². The second-order valence-electron chi connectivity index (χ2n) is 4.91. The van der Waals surface area contributed by atoms with Crippen LogP contribution in [0.3, 0.4) is 0 Å². The van der Waals surface area contributed by atoms with Crippen LogP contribution in [0.2, 0.25) is 0 Å². The third-order valence-electron chi connectivity index (χ3n) is 3.66. The molecule has 3 rings (SSSR count). The molecule has 0 aliphatic carbocycles. The van der Waals surface area contributed by atoms with E-state index in [2.05, 4.69) is 30.4 Å². The van der Waals surface area contributed by atoms with Crippen LogP contribution in [0.4, 0.5) is 0 Å². The van der Waals surface area contributed by atoms with Crippen LogP contribution in [-0.2, 0) is 19.5 Å². The first-order chi connectivity index (χ1) is 9.22. The number of nitrogens with two attached hydrogens (primary N) is 1. The molecule has 1 aromatic heterocycles. The van der Waals surface area contributed by atoms with Crippen molar-refractivity contribution in [2.75, 3.05) is 6.61 Å². The van der Waals surface area contributed by atoms with Gasteiger partial charge in [-0.3, -0.25) is 4.68 Å². The average Bonchev–Trinajstić information content (AvgIpc) is 3.03. The summed E-state index contributed by atoms with van der Waals surface area (Å²) >= 11 is 0. The Morgan fingerprint density at radius 3 is 2.95 bits per heavy atom. The van der Waals surface area contributed by atoms with E-state index in [1.807, 2.05) is 11.6 Å². The molecule has 0 atom stereocenters. The van der Waals surface area contributed by atoms with Crippen LogP contribution in [0.5, 0.6) is 5.75 Å². The number of rotatable bonds is 3. The SMILES string of the molecule is CCn1cc(-c2cc(CN)c3c(c2)CCO3)c(C)n1. The Balaban J connectivity index is 2.12. The van der Waals surface area contributed by atoms with Crippen LogP contribution in [0.1, 0.15) is 23.7 Å². The van der Waals surface area contributed by atoms with E-state index in [4.69, 9.17) is 10.5 Å². The molecule has 4 nitrogen and oxygen atoms in total. The second-order valence-corrected chi connectivity index (χ2v) is 4.91. The lowest BCUT2D eigenvalue weighted by Crippen LogP contribution is -2.00. The van der Waals surface area contributed by atoms with Gasteiger partial charge in [0, 0.05) is 36.8 Å². The number of ether oxygens (including phenoxy) is 1. The van der Waals surface area contributed by atoms with Crippen molar-refractivity contribution in [2.24, 2.45) is 5.73 Å². The molecule has 0 saturated heterocycles. The molecule has 2 aromatic rings. The highest BCUT2D eigenvalue weighted by molar-refractivity contribution is 5.69. The fourth-order valence-corrected chi connectivity index (χ4v) is 2.66. The first-order valence-corrected chi connectivity index (χ1v) is 6.76. The number of hydrogen-bond donors (Lipinski definition) is 1. The summed E-state index contributed by atoms with van der Waals surface area (Å²) < 4.78 is 7.64. The van der Waals surface area contributed by atoms with E-state index >= 15 is 0 Å². The predicted octanol–water partition coefficient (Wildman–Crippen LogP) is 2.27. The lowest BCUT2D eigenvalue weighted by atomic mass is 9.99. The van der Waals surface area contributed by atoms with Gasteiger partial charge in [0.05, 0.1) is 12.3 Å². The van der Waals surface area contributed by atoms with E-state index in [0.29, 0.717) is 6.54 Å². The molecule has 19 heavy (non-hydrogen) atoms. The van der Waals surface area contributed by atoms with Crippen molar-refractivity contribution in [3.63, 3.8) is 0 Å². The highest BCUT2D eigenvalue weighted by Crippen LogP contribution is 2.35. The van der Waals surface area contributed by atoms with Gasteiger partial charge >= 0.3 is 0 Å². The van der Waals surface area contributed by atoms with Crippen molar-refractivity contribution in [2.45, 2.75) is 33.4 Å². The monoisotopic (exact) mass is 257 g/mol. The standard InChI is InChI=1S/C15H19N3O/c1-3-18-9-14(10(2)17-18)12-6-11-4-5-19-15(11)13(7-12)8-16/h6-7,9H,3-5,8,16H2,1-2H3. The number of nitrogens with zero attached hydrogens (tertiary/aromatic N) is 2. The van der Waals surface area contributed by atoms with Crippen LogP contribution in [0.25, 0.3) is 11.1 Å². The highest BCUT2D eigenvalue weighted by atomic mass is 16.5. The zero-order chi connectivity index (χ0) is 13.4. The smallest absolute Gasteiger partial charge is 0.127 e. The highest BCUT2D eigenvalue weighted by Gasteiger charge is 2.18. The predicted molar refractivity (Wildman–Crippen MR) is 75.2 cm³/mol. The fourth-order valence-electron chi connectivity index (χ4n) is 2.66. The second kappa shape index (κ2) is 4.70. The molecular formula is C15H19N3O. The van der Waals surface area contributed by atoms with E-state index < -0.39 is 0 Å². The quantitative estimate of drug-likeness (QED) is 0.917. The van der Waals surface area contributed by atoms with Crippen molar-refractivity contribution in [3.05, 3.63) is 35.2 Å². The Morgan fingerprint density at radius 2 is 2.26 bits per heavy atom. The van der Waals surface area contributed by atoms with Gasteiger partial charge in [-0.15, -0.1) is 0 Å². The average molecular weight is 257 g/mol. The Hall–Kier alpha value is -1.81. The fraction of sp³-hybridized carbons (Fsp3) is 0.400. The molecule has 0 unspecified atom stereocenters. The van der Waals surface area contributed by atoms with Gasteiger partial charge in [-0.2, -0.15) is 5.10 Å². The molecule has 0 fully saturated rings. The molecule has 1 aromatic carbocycles. The van der Waals surface area contributed by atoms with Crippen LogP contribution < -0.4 is 10.5 Å². The van der Waals surface area contributed by atoms with Gasteiger partial charge in [0.1, 0.15) is 5.75 Å². The summed E-state index contributed by atoms with van der Waals surface area (Å²) in [5.41, 5.74) is 11.6. The van der Waals surface area contributed by atoms with Gasteiger partial charge in [-0.25, -0.2) is 0 Å². The maximum atomic E-state index is 5.84. The number of hydrogen-bond acceptors (Lipinski definition) is 3. The zero-order valence-corrected chi connectivity index (χ0v) is 11.4. The topological polar surface area (TPSA) is 53.1 Å². The molecule has 0 amide bonds. The first kappa shape index (κ1) is 12.2. The van der Waals surface area contributed by atoms with Gasteiger partial charge in [-0.05, 0) is 37.1 Å². The third kappa shape index (κ3) is 2.02. The summed E-state index contributed by atoms with van der Waals surface area (Å²) in [5.74, 6) is 0.992. The molecule has 4 heteroatoms. The molecule has 100 valence electrons. The first-order valence-electron chi connectivity index (χ1n) is 6.76. The van der Waals surface area contributed by atoms with Crippen LogP contribution in [-0.4, -0.2) is 16.4 Å². The van der Waals surface area contributed by atoms with Gasteiger partial charge in [0.2, 0.25) is 0 Å². The summed E-state index contributed by atoms with van der Waals surface area (Å²) in [6, 6.07) is 4.35. The zero-order valence-electron chi connectivity index (χ0n) is 11.4. The summed E-state index contributed by atoms with van der Waals surface area (Å²) in [6.45, 7) is 6.31. The maximum Gasteiger partial charge on any atom is 0.127 e. The van der Waals surface area contributed by atoms with Gasteiger partial charge in [0.15, 0.2) is 0 Å². The van der Waals surface area contributed by atoms with Crippen molar-refractivity contribution in [1.29, 1.82) is 0 Å². The van der Waals surface area contributed by atoms with Crippen molar-refractivity contribution in [3.8, 4) is 16.9 Å². The molecule has 1 aliphatic rings. The van der Waals surface area contributed by atoms with Crippen molar-refractivity contribution >= 4 is 0 Å². The van der Waals surface area contributed by atoms with Gasteiger partial charge in [0.25, 0.3) is 0 Å². The molecule has 2 heterocycles. The summed E-state index contributed by atoms with van der Waals surface area (Å²) in [7, 11) is 0. The van der Waals surface area contributed by atoms with Gasteiger partial charge < -0.3 is 10.5 Å². The number of benzene rings is 1. The van der Waals surface area contributed by atoms with Crippen molar-refractivity contribution < 1.29 is 4.74 Å². The van der Waals surface area contributed by atoms with E-state index in [1.54, 1.807) is 0 Å². The molecule has 1 aliphatic heterocycles. The summed E-state index contributed by atoms with van der Waals surface area (Å²) in [6.07, 6.45) is 3.07. The van der Waals surface area contributed by atoms with Crippen LogP contribution >= 0.6 is 0 Å². The minimum Gasteiger partial charge on any atom is -0.493 e. The summed E-state index contributed by atoms with van der Waals surface area (Å²) in [4.78, 5) is 0. The molecular weight excluding hydrogens is 238 g/mol. The molecule has 0 saturated carbocycles. The lowest BCUT2D eigenvalue weighted by molar-refractivity contribution is 0.353. The van der Waals surface area contributed by atoms with Gasteiger partial charge in [-0.1, -0.05) is 0 Å². The Kier molecular flexibility index (Phi) is 3.03. The maximum absolute atomic E-state index is 5.84. The molecule has 2 N–H and O–H groups in total.